The molecule has 27 heavy (non-hydrogen) atoms. The van der Waals surface area contributed by atoms with Gasteiger partial charge in [0.2, 0.25) is 0 Å². The minimum atomic E-state index is -0.476. The number of hydrogen-bond acceptors (Lipinski definition) is 4. The highest BCUT2D eigenvalue weighted by molar-refractivity contribution is 6.32. The Morgan fingerprint density at radius 1 is 1.22 bits per heavy atom. The predicted molar refractivity (Wildman–Crippen MR) is 102 cm³/mol. The number of aryl methyl sites for hydroxylation is 1. The second-order valence-electron chi connectivity index (χ2n) is 5.87. The average molecular weight is 382 g/mol. The minimum absolute atomic E-state index is 0.178. The maximum absolute atomic E-state index is 11.9. The van der Waals surface area contributed by atoms with Crippen LogP contribution >= 0.6 is 11.6 Å². The summed E-state index contributed by atoms with van der Waals surface area (Å²) in [6, 6.07) is 14.3. The number of esters is 1. The van der Waals surface area contributed by atoms with Gasteiger partial charge in [0.25, 0.3) is 5.91 Å². The van der Waals surface area contributed by atoms with E-state index in [1.165, 1.54) is 12.1 Å². The normalized spacial score (nSPS) is 10.4. The van der Waals surface area contributed by atoms with E-state index in [1.807, 2.05) is 36.5 Å². The smallest absolute Gasteiger partial charge is 0.306 e. The molecule has 0 atom stereocenters. The standard InChI is InChI=1S/C20H16ClN3O3/c21-17-9-15(7-5-13(17)10-22)24-19(25)12-27-20(26)8-6-14-11-23-18-4-2-1-3-16(14)18/h1-5,7,9,11,23H,6,8,12H2,(H,24,25). The molecule has 3 aromatic rings. The number of hydrogen-bond donors (Lipinski definition) is 2. The van der Waals surface area contributed by atoms with E-state index >= 15 is 0 Å². The maximum Gasteiger partial charge on any atom is 0.306 e. The number of benzene rings is 2. The molecule has 0 bridgehead atoms. The van der Waals surface area contributed by atoms with Gasteiger partial charge in [0.1, 0.15) is 6.07 Å². The van der Waals surface area contributed by atoms with Crippen LogP contribution < -0.4 is 5.32 Å². The van der Waals surface area contributed by atoms with Crippen molar-refractivity contribution in [2.75, 3.05) is 11.9 Å². The summed E-state index contributed by atoms with van der Waals surface area (Å²) in [5.74, 6) is -0.926. The Hall–Kier alpha value is -3.30. The van der Waals surface area contributed by atoms with Gasteiger partial charge in [-0.15, -0.1) is 0 Å². The fraction of sp³-hybridized carbons (Fsp3) is 0.150. The number of para-hydroxylation sites is 1. The van der Waals surface area contributed by atoms with E-state index in [2.05, 4.69) is 10.3 Å². The van der Waals surface area contributed by atoms with Crippen LogP contribution in [0.2, 0.25) is 5.02 Å². The Morgan fingerprint density at radius 3 is 2.81 bits per heavy atom. The van der Waals surface area contributed by atoms with Crippen LogP contribution in [0.1, 0.15) is 17.5 Å². The summed E-state index contributed by atoms with van der Waals surface area (Å²) >= 11 is 5.91. The van der Waals surface area contributed by atoms with E-state index in [1.54, 1.807) is 6.07 Å². The number of ether oxygens (including phenoxy) is 1. The molecule has 0 saturated carbocycles. The number of aromatic nitrogens is 1. The summed E-state index contributed by atoms with van der Waals surface area (Å²) in [5, 5.41) is 12.7. The number of anilines is 1. The van der Waals surface area contributed by atoms with Gasteiger partial charge in [-0.3, -0.25) is 9.59 Å². The maximum atomic E-state index is 11.9. The molecule has 136 valence electrons. The van der Waals surface area contributed by atoms with E-state index in [0.717, 1.165) is 16.5 Å². The largest absolute Gasteiger partial charge is 0.456 e. The monoisotopic (exact) mass is 381 g/mol. The van der Waals surface area contributed by atoms with Crippen molar-refractivity contribution in [1.29, 1.82) is 5.26 Å². The van der Waals surface area contributed by atoms with E-state index in [0.29, 0.717) is 17.7 Å². The molecule has 1 aromatic heterocycles. The molecular formula is C20H16ClN3O3. The number of carbonyl (C=O) groups is 2. The molecule has 1 amide bonds. The Balaban J connectivity index is 1.47. The van der Waals surface area contributed by atoms with Crippen molar-refractivity contribution in [3.8, 4) is 6.07 Å². The van der Waals surface area contributed by atoms with Gasteiger partial charge in [-0.2, -0.15) is 5.26 Å². The third kappa shape index (κ3) is 4.66. The first-order chi connectivity index (χ1) is 13.1. The molecule has 2 aromatic carbocycles. The second-order valence-corrected chi connectivity index (χ2v) is 6.28. The van der Waals surface area contributed by atoms with Crippen molar-refractivity contribution in [3.05, 3.63) is 64.8 Å². The number of rotatable bonds is 6. The third-order valence-electron chi connectivity index (χ3n) is 4.01. The lowest BCUT2D eigenvalue weighted by atomic mass is 10.1. The first-order valence-corrected chi connectivity index (χ1v) is 8.64. The van der Waals surface area contributed by atoms with Crippen molar-refractivity contribution in [1.82, 2.24) is 4.98 Å². The number of fused-ring (bicyclic) bond motifs is 1. The average Bonchev–Trinajstić information content (AvgIpc) is 3.08. The molecule has 0 unspecified atom stereocenters. The molecular weight excluding hydrogens is 366 g/mol. The van der Waals surface area contributed by atoms with E-state index in [9.17, 15) is 9.59 Å². The molecule has 3 rings (SSSR count). The molecule has 0 aliphatic rings. The third-order valence-corrected chi connectivity index (χ3v) is 4.32. The SMILES string of the molecule is N#Cc1ccc(NC(=O)COC(=O)CCc2c[nH]c3ccccc23)cc1Cl. The fourth-order valence-electron chi connectivity index (χ4n) is 2.67. The number of H-pyrrole nitrogens is 1. The molecule has 7 heteroatoms. The predicted octanol–water partition coefficient (Wildman–Crippen LogP) is 3.81. The molecule has 0 fully saturated rings. The summed E-state index contributed by atoms with van der Waals surface area (Å²) in [4.78, 5) is 26.9. The summed E-state index contributed by atoms with van der Waals surface area (Å²) in [5.41, 5.74) is 2.79. The summed E-state index contributed by atoms with van der Waals surface area (Å²) in [6.07, 6.45) is 2.58. The van der Waals surface area contributed by atoms with Crippen molar-refractivity contribution in [3.63, 3.8) is 0 Å². The van der Waals surface area contributed by atoms with Crippen molar-refractivity contribution in [2.45, 2.75) is 12.8 Å². The Kier molecular flexibility index (Phi) is 5.74. The van der Waals surface area contributed by atoms with Gasteiger partial charge in [0.05, 0.1) is 10.6 Å². The van der Waals surface area contributed by atoms with E-state index in [-0.39, 0.29) is 18.1 Å². The quantitative estimate of drug-likeness (QED) is 0.635. The van der Waals surface area contributed by atoms with E-state index in [4.69, 9.17) is 21.6 Å². The highest BCUT2D eigenvalue weighted by Crippen LogP contribution is 2.20. The van der Waals surface area contributed by atoms with Gasteiger partial charge in [0.15, 0.2) is 6.61 Å². The first kappa shape index (κ1) is 18.5. The van der Waals surface area contributed by atoms with Gasteiger partial charge in [-0.05, 0) is 36.2 Å². The lowest BCUT2D eigenvalue weighted by molar-refractivity contribution is -0.147. The minimum Gasteiger partial charge on any atom is -0.456 e. The fourth-order valence-corrected chi connectivity index (χ4v) is 2.90. The van der Waals surface area contributed by atoms with Crippen LogP contribution in [0, 0.1) is 11.3 Å². The zero-order valence-electron chi connectivity index (χ0n) is 14.3. The topological polar surface area (TPSA) is 95.0 Å². The molecule has 1 heterocycles. The van der Waals surface area contributed by atoms with Crippen molar-refractivity contribution < 1.29 is 14.3 Å². The molecule has 2 N–H and O–H groups in total. The van der Waals surface area contributed by atoms with E-state index < -0.39 is 11.9 Å². The number of halogens is 1. The lowest BCUT2D eigenvalue weighted by Crippen LogP contribution is -2.21. The Morgan fingerprint density at radius 2 is 2.04 bits per heavy atom. The van der Waals surface area contributed by atoms with Crippen LogP contribution in [-0.4, -0.2) is 23.5 Å². The van der Waals surface area contributed by atoms with Crippen LogP contribution in [0.4, 0.5) is 5.69 Å². The van der Waals surface area contributed by atoms with Gasteiger partial charge in [-0.25, -0.2) is 0 Å². The summed E-state index contributed by atoms with van der Waals surface area (Å²) in [7, 11) is 0. The van der Waals surface area contributed by atoms with Crippen LogP contribution in [0.5, 0.6) is 0 Å². The Bertz CT molecular complexity index is 1040. The molecule has 0 aliphatic heterocycles. The Labute approximate surface area is 160 Å². The number of aromatic amines is 1. The summed E-state index contributed by atoms with van der Waals surface area (Å²) < 4.78 is 5.02. The number of nitriles is 1. The van der Waals surface area contributed by atoms with Crippen LogP contribution in [-0.2, 0) is 20.7 Å². The highest BCUT2D eigenvalue weighted by atomic mass is 35.5. The zero-order valence-corrected chi connectivity index (χ0v) is 15.0. The number of nitrogens with zero attached hydrogens (tertiary/aromatic N) is 1. The second kappa shape index (κ2) is 8.39. The van der Waals surface area contributed by atoms with Gasteiger partial charge in [0, 0.05) is 29.2 Å². The van der Waals surface area contributed by atoms with Crippen LogP contribution in [0.3, 0.4) is 0 Å². The number of nitrogens with one attached hydrogen (secondary N) is 2. The number of amides is 1. The summed E-state index contributed by atoms with van der Waals surface area (Å²) in [6.45, 7) is -0.385. The van der Waals surface area contributed by atoms with Crippen molar-refractivity contribution >= 4 is 40.1 Å². The molecule has 0 aliphatic carbocycles. The molecule has 0 spiro atoms. The molecule has 6 nitrogen and oxygen atoms in total. The van der Waals surface area contributed by atoms with Gasteiger partial charge in [-0.1, -0.05) is 29.8 Å². The molecule has 0 saturated heterocycles. The van der Waals surface area contributed by atoms with Crippen LogP contribution in [0.15, 0.2) is 48.7 Å². The van der Waals surface area contributed by atoms with Gasteiger partial charge < -0.3 is 15.0 Å². The zero-order chi connectivity index (χ0) is 19.2. The number of carbonyl (C=O) groups excluding carboxylic acids is 2. The highest BCUT2D eigenvalue weighted by Gasteiger charge is 2.11. The van der Waals surface area contributed by atoms with Crippen LogP contribution in [0.25, 0.3) is 10.9 Å². The first-order valence-electron chi connectivity index (χ1n) is 8.27. The lowest BCUT2D eigenvalue weighted by Gasteiger charge is -2.07. The van der Waals surface area contributed by atoms with Gasteiger partial charge >= 0.3 is 5.97 Å². The molecule has 0 radical (unpaired) electrons. The van der Waals surface area contributed by atoms with Crippen molar-refractivity contribution in [2.24, 2.45) is 0 Å².